The van der Waals surface area contributed by atoms with E-state index in [-0.39, 0.29) is 5.91 Å². The fraction of sp³-hybridized carbons (Fsp3) is 0.111. The van der Waals surface area contributed by atoms with Gasteiger partial charge in [0.1, 0.15) is 0 Å². The zero-order valence-corrected chi connectivity index (χ0v) is 12.9. The van der Waals surface area contributed by atoms with E-state index in [1.807, 2.05) is 44.3 Å². The Balaban J connectivity index is 1.86. The minimum Gasteiger partial charge on any atom is -0.353 e. The average Bonchev–Trinajstić information content (AvgIpc) is 3.09. The molecule has 0 saturated heterocycles. The highest BCUT2D eigenvalue weighted by molar-refractivity contribution is 6.16. The molecule has 2 heterocycles. The summed E-state index contributed by atoms with van der Waals surface area (Å²) in [5.74, 6) is -0.111. The average molecular weight is 304 g/mol. The molecule has 0 aliphatic heterocycles. The van der Waals surface area contributed by atoms with Crippen LogP contribution >= 0.6 is 0 Å². The van der Waals surface area contributed by atoms with Crippen LogP contribution < -0.4 is 5.32 Å². The Labute approximate surface area is 132 Å². The minimum atomic E-state index is -0.111. The zero-order valence-electron chi connectivity index (χ0n) is 12.9. The molecule has 5 nitrogen and oxygen atoms in total. The van der Waals surface area contributed by atoms with Gasteiger partial charge in [0.2, 0.25) is 5.91 Å². The largest absolute Gasteiger partial charge is 0.353 e. The van der Waals surface area contributed by atoms with Gasteiger partial charge in [-0.2, -0.15) is 5.10 Å². The summed E-state index contributed by atoms with van der Waals surface area (Å²) >= 11 is 0. The number of allylic oxidation sites excluding steroid dienone is 1. The number of fused-ring (bicyclic) bond motifs is 5. The number of benzene rings is 2. The van der Waals surface area contributed by atoms with Crippen molar-refractivity contribution >= 4 is 44.3 Å². The lowest BCUT2D eigenvalue weighted by Gasteiger charge is -2.03. The van der Waals surface area contributed by atoms with Crippen molar-refractivity contribution in [2.24, 2.45) is 0 Å². The molecule has 0 unspecified atom stereocenters. The molecule has 5 heteroatoms. The Kier molecular flexibility index (Phi) is 2.94. The summed E-state index contributed by atoms with van der Waals surface area (Å²) in [7, 11) is 0. The maximum Gasteiger partial charge on any atom is 0.248 e. The highest BCUT2D eigenvalue weighted by Gasteiger charge is 2.10. The lowest BCUT2D eigenvalue weighted by molar-refractivity contribution is -0.111. The van der Waals surface area contributed by atoms with Gasteiger partial charge in [-0.05, 0) is 32.0 Å². The molecule has 114 valence electrons. The van der Waals surface area contributed by atoms with Gasteiger partial charge in [-0.3, -0.25) is 9.89 Å². The van der Waals surface area contributed by atoms with Crippen molar-refractivity contribution in [1.29, 1.82) is 0 Å². The second-order valence-corrected chi connectivity index (χ2v) is 5.92. The molecule has 2 aromatic heterocycles. The van der Waals surface area contributed by atoms with Gasteiger partial charge in [0.15, 0.2) is 0 Å². The summed E-state index contributed by atoms with van der Waals surface area (Å²) < 4.78 is 0. The summed E-state index contributed by atoms with van der Waals surface area (Å²) in [5.41, 5.74) is 4.81. The summed E-state index contributed by atoms with van der Waals surface area (Å²) in [5, 5.41) is 13.3. The van der Waals surface area contributed by atoms with Crippen LogP contribution in [0, 0.1) is 0 Å². The van der Waals surface area contributed by atoms with Crippen LogP contribution in [-0.4, -0.2) is 21.1 Å². The van der Waals surface area contributed by atoms with Crippen molar-refractivity contribution in [3.05, 3.63) is 48.2 Å². The van der Waals surface area contributed by atoms with Gasteiger partial charge >= 0.3 is 0 Å². The molecule has 0 aliphatic carbocycles. The number of hydrogen-bond acceptors (Lipinski definition) is 2. The molecule has 0 bridgehead atoms. The molecule has 4 aromatic rings. The van der Waals surface area contributed by atoms with E-state index in [0.717, 1.165) is 44.0 Å². The van der Waals surface area contributed by atoms with E-state index < -0.39 is 0 Å². The van der Waals surface area contributed by atoms with E-state index in [0.29, 0.717) is 0 Å². The molecular formula is C18H16N4O. The standard InChI is InChI=1S/C18H16N4O/c1-10(2)7-16(23)20-12-4-6-15-14(8-12)13-5-3-11-9-19-22-17(11)18(13)21-15/h3-9,21H,1-2H3,(H,19,22)(H,20,23). The number of carbonyl (C=O) groups is 1. The highest BCUT2D eigenvalue weighted by Crippen LogP contribution is 2.31. The molecule has 3 N–H and O–H groups in total. The number of nitrogens with one attached hydrogen (secondary N) is 3. The van der Waals surface area contributed by atoms with Crippen molar-refractivity contribution in [3.63, 3.8) is 0 Å². The quantitative estimate of drug-likeness (QED) is 0.488. The van der Waals surface area contributed by atoms with Crippen LogP contribution in [0.15, 0.2) is 48.2 Å². The number of rotatable bonds is 2. The number of H-pyrrole nitrogens is 2. The minimum absolute atomic E-state index is 0.111. The molecule has 0 fully saturated rings. The first-order chi connectivity index (χ1) is 11.1. The second-order valence-electron chi connectivity index (χ2n) is 5.92. The third kappa shape index (κ3) is 2.26. The lowest BCUT2D eigenvalue weighted by atomic mass is 10.1. The smallest absolute Gasteiger partial charge is 0.248 e. The first-order valence-electron chi connectivity index (χ1n) is 7.45. The molecule has 1 amide bonds. The molecule has 4 rings (SSSR count). The second kappa shape index (κ2) is 4.98. The topological polar surface area (TPSA) is 73.6 Å². The molecule has 0 radical (unpaired) electrons. The van der Waals surface area contributed by atoms with Gasteiger partial charge in [0.25, 0.3) is 0 Å². The van der Waals surface area contributed by atoms with Crippen molar-refractivity contribution in [2.75, 3.05) is 5.32 Å². The van der Waals surface area contributed by atoms with Gasteiger partial charge in [-0.15, -0.1) is 0 Å². The fourth-order valence-corrected chi connectivity index (χ4v) is 2.90. The summed E-state index contributed by atoms with van der Waals surface area (Å²) in [6, 6.07) is 10.00. The number of carbonyl (C=O) groups excluding carboxylic acids is 1. The molecule has 23 heavy (non-hydrogen) atoms. The molecule has 2 aromatic carbocycles. The first-order valence-corrected chi connectivity index (χ1v) is 7.45. The van der Waals surface area contributed by atoms with Crippen LogP contribution in [-0.2, 0) is 4.79 Å². The van der Waals surface area contributed by atoms with E-state index >= 15 is 0 Å². The van der Waals surface area contributed by atoms with Crippen LogP contribution in [0.3, 0.4) is 0 Å². The van der Waals surface area contributed by atoms with Gasteiger partial charge in [-0.25, -0.2) is 0 Å². The van der Waals surface area contributed by atoms with E-state index in [1.54, 1.807) is 6.08 Å². The predicted molar refractivity (Wildman–Crippen MR) is 93.5 cm³/mol. The monoisotopic (exact) mass is 304 g/mol. The highest BCUT2D eigenvalue weighted by atomic mass is 16.1. The maximum atomic E-state index is 11.9. The molecular weight excluding hydrogens is 288 g/mol. The molecule has 0 atom stereocenters. The summed E-state index contributed by atoms with van der Waals surface area (Å²) in [6.45, 7) is 3.80. The Morgan fingerprint density at radius 1 is 1.13 bits per heavy atom. The molecule has 0 aliphatic rings. The SMILES string of the molecule is CC(C)=CC(=O)Nc1ccc2[nH]c3c(ccc4cn[nH]c43)c2c1. The van der Waals surface area contributed by atoms with Crippen LogP contribution in [0.2, 0.25) is 0 Å². The number of aromatic amines is 2. The predicted octanol–water partition coefficient (Wildman–Crippen LogP) is 4.10. The third-order valence-corrected chi connectivity index (χ3v) is 3.87. The molecule has 0 spiro atoms. The van der Waals surface area contributed by atoms with E-state index in [9.17, 15) is 4.79 Å². The number of aromatic nitrogens is 3. The van der Waals surface area contributed by atoms with Crippen molar-refractivity contribution in [2.45, 2.75) is 13.8 Å². The summed E-state index contributed by atoms with van der Waals surface area (Å²) in [4.78, 5) is 15.3. The molecule has 0 saturated carbocycles. The van der Waals surface area contributed by atoms with E-state index in [2.05, 4.69) is 26.6 Å². The van der Waals surface area contributed by atoms with Crippen LogP contribution in [0.5, 0.6) is 0 Å². The van der Waals surface area contributed by atoms with Gasteiger partial charge < -0.3 is 10.3 Å². The van der Waals surface area contributed by atoms with E-state index in [4.69, 9.17) is 0 Å². The maximum absolute atomic E-state index is 11.9. The number of nitrogens with zero attached hydrogens (tertiary/aromatic N) is 1. The number of hydrogen-bond donors (Lipinski definition) is 3. The summed E-state index contributed by atoms with van der Waals surface area (Å²) in [6.07, 6.45) is 3.40. The Morgan fingerprint density at radius 3 is 2.83 bits per heavy atom. The normalized spacial score (nSPS) is 11.2. The van der Waals surface area contributed by atoms with Crippen molar-refractivity contribution < 1.29 is 4.79 Å². The van der Waals surface area contributed by atoms with Crippen molar-refractivity contribution in [1.82, 2.24) is 15.2 Å². The Morgan fingerprint density at radius 2 is 2.00 bits per heavy atom. The first kappa shape index (κ1) is 13.6. The number of amides is 1. The van der Waals surface area contributed by atoms with Gasteiger partial charge in [0.05, 0.1) is 17.2 Å². The Bertz CT molecular complexity index is 1080. The van der Waals surface area contributed by atoms with Gasteiger partial charge in [0, 0.05) is 33.4 Å². The lowest BCUT2D eigenvalue weighted by Crippen LogP contribution is -2.08. The Hall–Kier alpha value is -3.08. The van der Waals surface area contributed by atoms with Gasteiger partial charge in [-0.1, -0.05) is 17.7 Å². The fourth-order valence-electron chi connectivity index (χ4n) is 2.90. The number of anilines is 1. The zero-order chi connectivity index (χ0) is 16.0. The van der Waals surface area contributed by atoms with Crippen molar-refractivity contribution in [3.8, 4) is 0 Å². The van der Waals surface area contributed by atoms with Crippen LogP contribution in [0.25, 0.3) is 32.7 Å². The van der Waals surface area contributed by atoms with Crippen LogP contribution in [0.1, 0.15) is 13.8 Å². The van der Waals surface area contributed by atoms with E-state index in [1.165, 1.54) is 0 Å². The van der Waals surface area contributed by atoms with Crippen LogP contribution in [0.4, 0.5) is 5.69 Å². The third-order valence-electron chi connectivity index (χ3n) is 3.87.